The van der Waals surface area contributed by atoms with Gasteiger partial charge in [0.05, 0.1) is 68.1 Å². The maximum absolute atomic E-state index is 13.9. The summed E-state index contributed by atoms with van der Waals surface area (Å²) in [6, 6.07) is 35.2. The summed E-state index contributed by atoms with van der Waals surface area (Å²) in [4.78, 5) is 66.5. The topological polar surface area (TPSA) is 227 Å². The van der Waals surface area contributed by atoms with E-state index < -0.39 is 17.5 Å². The van der Waals surface area contributed by atoms with E-state index in [2.05, 4.69) is 43.2 Å². The minimum Gasteiger partial charge on any atom is -0.478 e. The van der Waals surface area contributed by atoms with Gasteiger partial charge >= 0.3 is 17.9 Å². The lowest BCUT2D eigenvalue weighted by Gasteiger charge is -2.41. The van der Waals surface area contributed by atoms with Crippen LogP contribution in [0.1, 0.15) is 163 Å². The van der Waals surface area contributed by atoms with E-state index in [1.54, 1.807) is 31.2 Å². The van der Waals surface area contributed by atoms with Gasteiger partial charge in [-0.3, -0.25) is 14.8 Å². The fourth-order valence-electron chi connectivity index (χ4n) is 14.1. The molecule has 17 heteroatoms. The summed E-state index contributed by atoms with van der Waals surface area (Å²) in [6.45, 7) is 2.17. The van der Waals surface area contributed by atoms with Gasteiger partial charge in [0, 0.05) is 80.1 Å². The summed E-state index contributed by atoms with van der Waals surface area (Å²) < 4.78 is 13.3. The molecule has 1 amide bonds. The molecule has 0 radical (unpaired) electrons. The van der Waals surface area contributed by atoms with Crippen LogP contribution < -0.4 is 11.1 Å². The van der Waals surface area contributed by atoms with Gasteiger partial charge in [-0.15, -0.1) is 0 Å². The van der Waals surface area contributed by atoms with E-state index in [0.717, 1.165) is 129 Å². The Morgan fingerprint density at radius 2 is 1.08 bits per heavy atom. The third kappa shape index (κ3) is 11.7. The van der Waals surface area contributed by atoms with E-state index >= 15 is 0 Å². The second kappa shape index (κ2) is 25.0. The predicted molar refractivity (Wildman–Crippen MR) is 348 cm³/mol. The number of nitrogens with one attached hydrogen (secondary N) is 1. The molecule has 10 aromatic rings. The van der Waals surface area contributed by atoms with Crippen LogP contribution in [0.2, 0.25) is 0 Å². The van der Waals surface area contributed by atoms with Gasteiger partial charge in [-0.05, 0) is 190 Å². The first kappa shape index (κ1) is 59.8. The van der Waals surface area contributed by atoms with Gasteiger partial charge in [0.25, 0.3) is 5.91 Å². The summed E-state index contributed by atoms with van der Waals surface area (Å²) in [5.74, 6) is 0.468. The Kier molecular flexibility index (Phi) is 16.8. The van der Waals surface area contributed by atoms with E-state index in [0.29, 0.717) is 29.6 Å². The molecule has 4 aromatic carbocycles. The molecule has 4 aliphatic rings. The zero-order valence-corrected chi connectivity index (χ0v) is 51.2. The molecule has 4 fully saturated rings. The first-order valence-electron chi connectivity index (χ1n) is 31.2. The van der Waals surface area contributed by atoms with E-state index in [1.165, 1.54) is 74.0 Å². The SMILES string of the molecule is CCOC(=O)/C=C/c1ccc2c(c1)nc(C1(N)CCC1)n2C.Cn1c(-c2ccccn2)c(C2CCCC2)c2ccc(C(=O)O)cc21.Cn1c(C2(NC(=O)c3ccc4c(C5CCCC5)c(-c5ccccn5)n(C)c4c3)CCC2)nc2cc(/C=C/C(=O)O)ccc21. The van der Waals surface area contributed by atoms with Crippen molar-refractivity contribution in [2.45, 2.75) is 120 Å². The molecule has 6 heterocycles. The number of benzene rings is 4. The minimum atomic E-state index is -0.991. The van der Waals surface area contributed by atoms with Crippen molar-refractivity contribution < 1.29 is 34.1 Å². The van der Waals surface area contributed by atoms with Gasteiger partial charge < -0.3 is 44.3 Å². The number of imidazole rings is 2. The molecule has 6 aromatic heterocycles. The number of nitrogens with two attached hydrogens (primary N) is 1. The standard InChI is InChI=1S/C35H35N5O3.C20H20N2O2.C17H21N3O2/c1-39-29-21-24(13-14-25(29)31(23-8-3-4-9-23)32(39)26-10-5-6-19-36-26)33(43)38-35(17-7-18-35)34-37-27-20-22(12-16-30(41)42)11-15-28(27)40(34)2;1-22-17-12-14(20(23)24)9-10-15(17)18(13-6-2-3-7-13)19(22)16-8-4-5-11-21-16;1-3-22-15(21)8-6-12-5-7-14-13(11-12)19-16(20(14)2)17(18)9-4-10-17/h5-6,10-16,19-21,23H,3-4,7-9,17-18H2,1-2H3,(H,38,43)(H,41,42);4-5,8-13H,2-3,6-7H2,1H3,(H,23,24);5-8,11H,3-4,9-10,18H2,1-2H3/b16-12+;;8-6+. The number of fused-ring (bicyclic) bond motifs is 4. The van der Waals surface area contributed by atoms with Gasteiger partial charge in [0.1, 0.15) is 11.6 Å². The summed E-state index contributed by atoms with van der Waals surface area (Å²) in [7, 11) is 8.07. The monoisotopic (exact) mass is 1190 g/mol. The third-order valence-electron chi connectivity index (χ3n) is 18.9. The van der Waals surface area contributed by atoms with Crippen LogP contribution in [0.15, 0.2) is 134 Å². The Morgan fingerprint density at radius 1 is 0.584 bits per heavy atom. The van der Waals surface area contributed by atoms with Crippen LogP contribution in [-0.4, -0.2) is 78.8 Å². The summed E-state index contributed by atoms with van der Waals surface area (Å²) in [5, 5.41) is 24.1. The van der Waals surface area contributed by atoms with Crippen LogP contribution in [0.25, 0.3) is 78.8 Å². The molecule has 0 atom stereocenters. The number of ether oxygens (including phenoxy) is 1. The molecule has 456 valence electrons. The zero-order chi connectivity index (χ0) is 62.1. The number of aryl methyl sites for hydroxylation is 4. The summed E-state index contributed by atoms with van der Waals surface area (Å²) >= 11 is 0. The maximum Gasteiger partial charge on any atom is 0.335 e. The van der Waals surface area contributed by atoms with Crippen molar-refractivity contribution in [2.24, 2.45) is 33.9 Å². The van der Waals surface area contributed by atoms with Crippen LogP contribution in [0, 0.1) is 0 Å². The number of aromatic nitrogens is 8. The lowest BCUT2D eigenvalue weighted by Crippen LogP contribution is -2.52. The van der Waals surface area contributed by atoms with E-state index in [1.807, 2.05) is 123 Å². The molecule has 0 bridgehead atoms. The Labute approximate surface area is 517 Å². The molecule has 0 spiro atoms. The van der Waals surface area contributed by atoms with E-state index in [4.69, 9.17) is 30.5 Å². The van der Waals surface area contributed by atoms with E-state index in [9.17, 15) is 24.3 Å². The number of hydrogen-bond acceptors (Lipinski definition) is 10. The number of aliphatic carboxylic acids is 1. The fourth-order valence-corrected chi connectivity index (χ4v) is 14.1. The molecule has 0 saturated heterocycles. The number of aromatic carboxylic acids is 1. The Morgan fingerprint density at radius 3 is 1.54 bits per heavy atom. The first-order chi connectivity index (χ1) is 43.0. The van der Waals surface area contributed by atoms with Crippen molar-refractivity contribution >= 4 is 79.8 Å². The molecule has 17 nitrogen and oxygen atoms in total. The number of carboxylic acid groups (broad SMARTS) is 2. The van der Waals surface area contributed by atoms with Crippen molar-refractivity contribution in [1.29, 1.82) is 0 Å². The van der Waals surface area contributed by atoms with E-state index in [-0.39, 0.29) is 17.4 Å². The van der Waals surface area contributed by atoms with Crippen molar-refractivity contribution in [3.63, 3.8) is 0 Å². The van der Waals surface area contributed by atoms with Crippen LogP contribution >= 0.6 is 0 Å². The van der Waals surface area contributed by atoms with Gasteiger partial charge in [0.2, 0.25) is 0 Å². The van der Waals surface area contributed by atoms with Gasteiger partial charge in [-0.25, -0.2) is 24.4 Å². The quantitative estimate of drug-likeness (QED) is 0.0589. The maximum atomic E-state index is 13.9. The van der Waals surface area contributed by atoms with Gasteiger partial charge in [-0.1, -0.05) is 62.1 Å². The Bertz CT molecular complexity index is 4400. The normalized spacial score (nSPS) is 16.3. The molecule has 0 unspecified atom stereocenters. The number of carbonyl (C=O) groups excluding carboxylic acids is 2. The van der Waals surface area contributed by atoms with Crippen LogP contribution in [0.5, 0.6) is 0 Å². The molecule has 4 saturated carbocycles. The third-order valence-corrected chi connectivity index (χ3v) is 18.9. The summed E-state index contributed by atoms with van der Waals surface area (Å²) in [5.41, 5.74) is 20.8. The number of nitrogens with zero attached hydrogens (tertiary/aromatic N) is 8. The number of esters is 1. The Balaban J connectivity index is 0.000000141. The molecule has 4 aliphatic carbocycles. The highest BCUT2D eigenvalue weighted by Gasteiger charge is 2.44. The van der Waals surface area contributed by atoms with Crippen LogP contribution in [0.3, 0.4) is 0 Å². The molecule has 0 aliphatic heterocycles. The number of amides is 1. The number of pyridine rings is 2. The molecular formula is C72H76N10O7. The van der Waals surface area contributed by atoms with Crippen LogP contribution in [-0.2, 0) is 53.6 Å². The van der Waals surface area contributed by atoms with Crippen molar-refractivity contribution in [3.05, 3.63) is 179 Å². The minimum absolute atomic E-state index is 0.110. The second-order valence-electron chi connectivity index (χ2n) is 24.4. The fraction of sp³-hybridized carbons (Fsp3) is 0.333. The van der Waals surface area contributed by atoms with Crippen molar-refractivity contribution in [2.75, 3.05) is 6.61 Å². The highest BCUT2D eigenvalue weighted by molar-refractivity contribution is 6.02. The Hall–Kier alpha value is -9.48. The number of hydrogen-bond donors (Lipinski definition) is 4. The first-order valence-corrected chi connectivity index (χ1v) is 31.2. The largest absolute Gasteiger partial charge is 0.478 e. The predicted octanol–water partition coefficient (Wildman–Crippen LogP) is 13.8. The zero-order valence-electron chi connectivity index (χ0n) is 51.2. The number of carbonyl (C=O) groups is 4. The van der Waals surface area contributed by atoms with Crippen molar-refractivity contribution in [1.82, 2.24) is 43.5 Å². The molecular weight excluding hydrogens is 1120 g/mol. The molecule has 14 rings (SSSR count). The highest BCUT2D eigenvalue weighted by Crippen LogP contribution is 2.47. The number of carboxylic acids is 2. The molecule has 89 heavy (non-hydrogen) atoms. The smallest absolute Gasteiger partial charge is 0.335 e. The average molecular weight is 1190 g/mol. The van der Waals surface area contributed by atoms with Crippen LogP contribution in [0.4, 0.5) is 0 Å². The lowest BCUT2D eigenvalue weighted by atomic mass is 9.75. The van der Waals surface area contributed by atoms with Gasteiger partial charge in [-0.2, -0.15) is 0 Å². The van der Waals surface area contributed by atoms with Gasteiger partial charge in [0.15, 0.2) is 0 Å². The molecule has 5 N–H and O–H groups in total. The second-order valence-corrected chi connectivity index (χ2v) is 24.4. The summed E-state index contributed by atoms with van der Waals surface area (Å²) in [6.07, 6.45) is 25.0. The highest BCUT2D eigenvalue weighted by atomic mass is 16.5. The average Bonchev–Trinajstić information content (AvgIpc) is 2.11. The van der Waals surface area contributed by atoms with Crippen molar-refractivity contribution in [3.8, 4) is 22.8 Å². The lowest BCUT2D eigenvalue weighted by molar-refractivity contribution is -0.137. The number of rotatable bonds is 14.